The van der Waals surface area contributed by atoms with Crippen molar-refractivity contribution in [3.05, 3.63) is 63.0 Å². The fourth-order valence-corrected chi connectivity index (χ4v) is 2.59. The number of nitriles is 1. The Bertz CT molecular complexity index is 792. The maximum Gasteiger partial charge on any atom is 0.269 e. The van der Waals surface area contributed by atoms with Gasteiger partial charge in [-0.2, -0.15) is 5.26 Å². The first kappa shape index (κ1) is 18.6. The lowest BCUT2D eigenvalue weighted by Crippen LogP contribution is -2.37. The van der Waals surface area contributed by atoms with E-state index in [-0.39, 0.29) is 12.3 Å². The van der Waals surface area contributed by atoms with Crippen LogP contribution in [0.5, 0.6) is 0 Å². The van der Waals surface area contributed by atoms with Crippen LogP contribution in [0.3, 0.4) is 0 Å². The van der Waals surface area contributed by atoms with Crippen LogP contribution in [0.2, 0.25) is 0 Å². The van der Waals surface area contributed by atoms with Crippen molar-refractivity contribution < 1.29 is 15.1 Å². The molecule has 132 valence electrons. The van der Waals surface area contributed by atoms with E-state index in [0.29, 0.717) is 17.8 Å². The van der Waals surface area contributed by atoms with Crippen molar-refractivity contribution >= 4 is 5.69 Å². The van der Waals surface area contributed by atoms with Gasteiger partial charge in [0.15, 0.2) is 0 Å². The number of benzene rings is 1. The summed E-state index contributed by atoms with van der Waals surface area (Å²) in [6.07, 6.45) is -1.02. The van der Waals surface area contributed by atoms with Crippen molar-refractivity contribution in [3.8, 4) is 6.07 Å². The van der Waals surface area contributed by atoms with Gasteiger partial charge < -0.3 is 20.1 Å². The first-order chi connectivity index (χ1) is 11.9. The standard InChI is InChI=1S/C17H20N4O4/c1-11-13(7-15(8-18)20(11)2)9-19-16(10-22)17(23)12-3-5-14(6-4-12)21(24)25/h3-7,16-17,19,22-23H,9-10H2,1-2H3. The Kier molecular flexibility index (Phi) is 5.88. The van der Waals surface area contributed by atoms with E-state index in [1.54, 1.807) is 17.7 Å². The minimum Gasteiger partial charge on any atom is -0.395 e. The number of aliphatic hydroxyl groups excluding tert-OH is 2. The van der Waals surface area contributed by atoms with Crippen LogP contribution in [0.1, 0.15) is 28.6 Å². The minimum absolute atomic E-state index is 0.0617. The molecule has 3 N–H and O–H groups in total. The summed E-state index contributed by atoms with van der Waals surface area (Å²) >= 11 is 0. The molecular formula is C17H20N4O4. The van der Waals surface area contributed by atoms with Crippen LogP contribution in [0.25, 0.3) is 0 Å². The summed E-state index contributed by atoms with van der Waals surface area (Å²) in [7, 11) is 1.80. The van der Waals surface area contributed by atoms with Gasteiger partial charge in [-0.1, -0.05) is 0 Å². The summed E-state index contributed by atoms with van der Waals surface area (Å²) in [6.45, 7) is 1.95. The lowest BCUT2D eigenvalue weighted by Gasteiger charge is -2.22. The third-order valence-electron chi connectivity index (χ3n) is 4.33. The van der Waals surface area contributed by atoms with Gasteiger partial charge in [0.1, 0.15) is 11.8 Å². The number of non-ortho nitro benzene ring substituents is 1. The second-order valence-electron chi connectivity index (χ2n) is 5.77. The summed E-state index contributed by atoms with van der Waals surface area (Å²) in [5, 5.41) is 42.8. The monoisotopic (exact) mass is 344 g/mol. The molecule has 0 aliphatic rings. The Morgan fingerprint density at radius 3 is 2.52 bits per heavy atom. The molecule has 2 atom stereocenters. The third-order valence-corrected chi connectivity index (χ3v) is 4.33. The second kappa shape index (κ2) is 7.90. The molecule has 0 radical (unpaired) electrons. The largest absolute Gasteiger partial charge is 0.395 e. The number of aromatic nitrogens is 1. The number of nitrogens with one attached hydrogen (secondary N) is 1. The van der Waals surface area contributed by atoms with Crippen LogP contribution in [0.4, 0.5) is 5.69 Å². The zero-order chi connectivity index (χ0) is 18.6. The quantitative estimate of drug-likeness (QED) is 0.513. The van der Waals surface area contributed by atoms with Crippen LogP contribution in [0, 0.1) is 28.4 Å². The van der Waals surface area contributed by atoms with Gasteiger partial charge in [-0.25, -0.2) is 0 Å². The molecule has 0 amide bonds. The van der Waals surface area contributed by atoms with Gasteiger partial charge >= 0.3 is 0 Å². The summed E-state index contributed by atoms with van der Waals surface area (Å²) in [5.41, 5.74) is 2.76. The highest BCUT2D eigenvalue weighted by atomic mass is 16.6. The van der Waals surface area contributed by atoms with Crippen LogP contribution in [0.15, 0.2) is 30.3 Å². The van der Waals surface area contributed by atoms with Crippen molar-refractivity contribution in [2.24, 2.45) is 7.05 Å². The Hall–Kier alpha value is -2.73. The van der Waals surface area contributed by atoms with Gasteiger partial charge in [0.25, 0.3) is 5.69 Å². The number of hydrogen-bond donors (Lipinski definition) is 3. The van der Waals surface area contributed by atoms with E-state index in [1.165, 1.54) is 24.3 Å². The van der Waals surface area contributed by atoms with Gasteiger partial charge in [-0.3, -0.25) is 10.1 Å². The number of hydrogen-bond acceptors (Lipinski definition) is 6. The third kappa shape index (κ3) is 4.03. The molecule has 0 saturated carbocycles. The van der Waals surface area contributed by atoms with E-state index in [1.807, 2.05) is 6.92 Å². The average molecular weight is 344 g/mol. The molecule has 2 rings (SSSR count). The number of aliphatic hydroxyl groups is 2. The molecule has 0 aliphatic heterocycles. The number of nitro groups is 1. The molecule has 0 aliphatic carbocycles. The Morgan fingerprint density at radius 1 is 1.40 bits per heavy atom. The highest BCUT2D eigenvalue weighted by Crippen LogP contribution is 2.21. The maximum absolute atomic E-state index is 10.7. The minimum atomic E-state index is -1.02. The predicted molar refractivity (Wildman–Crippen MR) is 90.6 cm³/mol. The molecule has 1 aromatic carbocycles. The van der Waals surface area contributed by atoms with Gasteiger partial charge in [0, 0.05) is 31.4 Å². The fourth-order valence-electron chi connectivity index (χ4n) is 2.59. The molecule has 0 bridgehead atoms. The summed E-state index contributed by atoms with van der Waals surface area (Å²) in [4.78, 5) is 10.2. The zero-order valence-corrected chi connectivity index (χ0v) is 14.0. The van der Waals surface area contributed by atoms with Gasteiger partial charge in [0.05, 0.1) is 23.7 Å². The van der Waals surface area contributed by atoms with Crippen LogP contribution in [-0.2, 0) is 13.6 Å². The number of nitro benzene ring substituents is 1. The Balaban J connectivity index is 2.09. The Morgan fingerprint density at radius 2 is 2.04 bits per heavy atom. The lowest BCUT2D eigenvalue weighted by molar-refractivity contribution is -0.384. The topological polar surface area (TPSA) is 124 Å². The maximum atomic E-state index is 10.7. The normalized spacial score (nSPS) is 13.2. The first-order valence-electron chi connectivity index (χ1n) is 7.71. The second-order valence-corrected chi connectivity index (χ2v) is 5.77. The van der Waals surface area contributed by atoms with Crippen LogP contribution in [-0.4, -0.2) is 32.4 Å². The van der Waals surface area contributed by atoms with Gasteiger partial charge in [-0.15, -0.1) is 0 Å². The van der Waals surface area contributed by atoms with E-state index in [0.717, 1.165) is 11.3 Å². The molecule has 2 aromatic rings. The molecule has 1 aromatic heterocycles. The highest BCUT2D eigenvalue weighted by Gasteiger charge is 2.21. The predicted octanol–water partition coefficient (Wildman–Crippen LogP) is 1.30. The van der Waals surface area contributed by atoms with E-state index in [2.05, 4.69) is 11.4 Å². The van der Waals surface area contributed by atoms with Crippen molar-refractivity contribution in [1.29, 1.82) is 5.26 Å². The highest BCUT2D eigenvalue weighted by molar-refractivity contribution is 5.35. The molecule has 1 heterocycles. The molecule has 2 unspecified atom stereocenters. The number of rotatable bonds is 7. The van der Waals surface area contributed by atoms with Crippen molar-refractivity contribution in [2.45, 2.75) is 25.6 Å². The molecule has 25 heavy (non-hydrogen) atoms. The average Bonchev–Trinajstić information content (AvgIpc) is 2.90. The van der Waals surface area contributed by atoms with Crippen molar-refractivity contribution in [2.75, 3.05) is 6.61 Å². The smallest absolute Gasteiger partial charge is 0.269 e. The summed E-state index contributed by atoms with van der Waals surface area (Å²) in [5.74, 6) is 0. The van der Waals surface area contributed by atoms with E-state index in [9.17, 15) is 20.3 Å². The van der Waals surface area contributed by atoms with E-state index in [4.69, 9.17) is 5.26 Å². The van der Waals surface area contributed by atoms with Crippen molar-refractivity contribution in [3.63, 3.8) is 0 Å². The molecule has 0 saturated heterocycles. The molecular weight excluding hydrogens is 324 g/mol. The molecule has 8 nitrogen and oxygen atoms in total. The summed E-state index contributed by atoms with van der Waals surface area (Å²) < 4.78 is 1.78. The molecule has 8 heteroatoms. The van der Waals surface area contributed by atoms with Crippen LogP contribution >= 0.6 is 0 Å². The van der Waals surface area contributed by atoms with Crippen LogP contribution < -0.4 is 5.32 Å². The lowest BCUT2D eigenvalue weighted by atomic mass is 10.0. The van der Waals surface area contributed by atoms with Crippen molar-refractivity contribution in [1.82, 2.24) is 9.88 Å². The van der Waals surface area contributed by atoms with E-state index >= 15 is 0 Å². The first-order valence-corrected chi connectivity index (χ1v) is 7.71. The molecule has 0 spiro atoms. The zero-order valence-electron chi connectivity index (χ0n) is 14.0. The van der Waals surface area contributed by atoms with E-state index < -0.39 is 17.1 Å². The SMILES string of the molecule is Cc1c(CNC(CO)C(O)c2ccc([N+](=O)[O-])cc2)cc(C#N)n1C. The summed E-state index contributed by atoms with van der Waals surface area (Å²) in [6, 6.07) is 8.77. The van der Waals surface area contributed by atoms with Gasteiger partial charge in [-0.05, 0) is 36.2 Å². The van der Waals surface area contributed by atoms with Gasteiger partial charge in [0.2, 0.25) is 0 Å². The fraction of sp³-hybridized carbons (Fsp3) is 0.353. The Labute approximate surface area is 145 Å². The molecule has 0 fully saturated rings. The number of nitrogens with zero attached hydrogens (tertiary/aromatic N) is 3.